The highest BCUT2D eigenvalue weighted by atomic mass is 32.1. The minimum atomic E-state index is -0.629. The molecule has 0 atom stereocenters. The van der Waals surface area contributed by atoms with Crippen molar-refractivity contribution in [3.05, 3.63) is 22.4 Å². The van der Waals surface area contributed by atoms with Crippen LogP contribution in [0, 0.1) is 0 Å². The number of hydrogen-bond donors (Lipinski definition) is 2. The van der Waals surface area contributed by atoms with Crippen LogP contribution in [0.2, 0.25) is 0 Å². The van der Waals surface area contributed by atoms with E-state index in [1.165, 1.54) is 11.3 Å². The molecule has 0 unspecified atom stereocenters. The van der Waals surface area contributed by atoms with E-state index in [4.69, 9.17) is 4.74 Å². The van der Waals surface area contributed by atoms with Crippen LogP contribution in [0.4, 0.5) is 0 Å². The molecule has 0 aromatic carbocycles. The summed E-state index contributed by atoms with van der Waals surface area (Å²) in [7, 11) is 0. The van der Waals surface area contributed by atoms with Crippen molar-refractivity contribution < 1.29 is 19.1 Å². The number of nitrogens with one attached hydrogen (secondary N) is 2. The molecule has 1 fully saturated rings. The molecule has 1 aromatic rings. The molecule has 6 nitrogen and oxygen atoms in total. The Morgan fingerprint density at radius 1 is 1.37 bits per heavy atom. The lowest BCUT2D eigenvalue weighted by Crippen LogP contribution is -2.34. The molecule has 2 N–H and O–H groups in total. The van der Waals surface area contributed by atoms with E-state index >= 15 is 0 Å². The van der Waals surface area contributed by atoms with Gasteiger partial charge in [-0.3, -0.25) is 14.4 Å². The molecule has 0 spiro atoms. The Kier molecular flexibility index (Phi) is 4.51. The first-order valence-electron chi connectivity index (χ1n) is 5.92. The summed E-state index contributed by atoms with van der Waals surface area (Å²) >= 11 is 1.29. The number of rotatable bonds is 6. The van der Waals surface area contributed by atoms with Gasteiger partial charge in [0.25, 0.3) is 11.8 Å². The average molecular weight is 282 g/mol. The quantitative estimate of drug-likeness (QED) is 0.735. The van der Waals surface area contributed by atoms with Gasteiger partial charge in [0.2, 0.25) is 0 Å². The van der Waals surface area contributed by atoms with Gasteiger partial charge in [-0.2, -0.15) is 0 Å². The fraction of sp³-hybridized carbons (Fsp3) is 0.417. The summed E-state index contributed by atoms with van der Waals surface area (Å²) in [5.74, 6) is -1.26. The first-order valence-corrected chi connectivity index (χ1v) is 6.80. The van der Waals surface area contributed by atoms with Crippen LogP contribution >= 0.6 is 11.3 Å². The second-order valence-electron chi connectivity index (χ2n) is 4.16. The molecule has 102 valence electrons. The van der Waals surface area contributed by atoms with Gasteiger partial charge in [0.15, 0.2) is 6.61 Å². The van der Waals surface area contributed by atoms with Crippen molar-refractivity contribution in [1.29, 1.82) is 0 Å². The smallest absolute Gasteiger partial charge is 0.325 e. The molecule has 0 bridgehead atoms. The molecule has 0 aliphatic heterocycles. The van der Waals surface area contributed by atoms with Gasteiger partial charge >= 0.3 is 5.97 Å². The average Bonchev–Trinajstić information content (AvgIpc) is 3.03. The Balaban J connectivity index is 1.61. The number of carbonyl (C=O) groups excluding carboxylic acids is 3. The standard InChI is InChI=1S/C12H14N2O4S/c15-10(14-8-3-4-8)7-18-11(16)6-13-12(17)9-2-1-5-19-9/h1-2,5,8H,3-4,6-7H2,(H,13,17)(H,14,15). The van der Waals surface area contributed by atoms with Gasteiger partial charge in [0.05, 0.1) is 4.88 Å². The highest BCUT2D eigenvalue weighted by molar-refractivity contribution is 7.12. The molecule has 19 heavy (non-hydrogen) atoms. The predicted molar refractivity (Wildman–Crippen MR) is 68.8 cm³/mol. The van der Waals surface area contributed by atoms with E-state index in [0.29, 0.717) is 4.88 Å². The van der Waals surface area contributed by atoms with Crippen LogP contribution < -0.4 is 10.6 Å². The molecular formula is C12H14N2O4S. The van der Waals surface area contributed by atoms with Gasteiger partial charge in [0, 0.05) is 6.04 Å². The topological polar surface area (TPSA) is 84.5 Å². The molecule has 0 saturated heterocycles. The molecule has 0 radical (unpaired) electrons. The third-order valence-electron chi connectivity index (χ3n) is 2.44. The fourth-order valence-electron chi connectivity index (χ4n) is 1.34. The largest absolute Gasteiger partial charge is 0.454 e. The van der Waals surface area contributed by atoms with Crippen molar-refractivity contribution in [2.75, 3.05) is 13.2 Å². The van der Waals surface area contributed by atoms with Crippen LogP contribution in [-0.2, 0) is 14.3 Å². The van der Waals surface area contributed by atoms with Crippen LogP contribution in [0.5, 0.6) is 0 Å². The van der Waals surface area contributed by atoms with E-state index in [-0.39, 0.29) is 31.0 Å². The van der Waals surface area contributed by atoms with Gasteiger partial charge in [-0.15, -0.1) is 11.3 Å². The van der Waals surface area contributed by atoms with Crippen molar-refractivity contribution in [2.24, 2.45) is 0 Å². The molecule has 1 aromatic heterocycles. The lowest BCUT2D eigenvalue weighted by molar-refractivity contribution is -0.147. The fourth-order valence-corrected chi connectivity index (χ4v) is 1.98. The van der Waals surface area contributed by atoms with E-state index < -0.39 is 5.97 Å². The number of ether oxygens (including phenoxy) is 1. The minimum Gasteiger partial charge on any atom is -0.454 e. The number of hydrogen-bond acceptors (Lipinski definition) is 5. The lowest BCUT2D eigenvalue weighted by atomic mass is 10.4. The maximum atomic E-state index is 11.5. The Hall–Kier alpha value is -1.89. The Morgan fingerprint density at radius 2 is 2.16 bits per heavy atom. The summed E-state index contributed by atoms with van der Waals surface area (Å²) in [5, 5.41) is 6.89. The SMILES string of the molecule is O=C(COC(=O)CNC(=O)c1cccs1)NC1CC1. The number of esters is 1. The zero-order valence-electron chi connectivity index (χ0n) is 10.2. The van der Waals surface area contributed by atoms with Crippen molar-refractivity contribution in [2.45, 2.75) is 18.9 Å². The summed E-state index contributed by atoms with van der Waals surface area (Å²) in [5.41, 5.74) is 0. The Bertz CT molecular complexity index is 468. The molecule has 1 aliphatic carbocycles. The maximum Gasteiger partial charge on any atom is 0.325 e. The molecule has 1 saturated carbocycles. The summed E-state index contributed by atoms with van der Waals surface area (Å²) in [4.78, 5) is 34.6. The first kappa shape index (κ1) is 13.5. The summed E-state index contributed by atoms with van der Waals surface area (Å²) in [6.07, 6.45) is 1.97. The molecular weight excluding hydrogens is 268 g/mol. The van der Waals surface area contributed by atoms with Crippen LogP contribution in [0.3, 0.4) is 0 Å². The third-order valence-corrected chi connectivity index (χ3v) is 3.31. The summed E-state index contributed by atoms with van der Waals surface area (Å²) in [6, 6.07) is 3.65. The lowest BCUT2D eigenvalue weighted by Gasteiger charge is -2.06. The van der Waals surface area contributed by atoms with Crippen molar-refractivity contribution >= 4 is 29.1 Å². The number of carbonyl (C=O) groups is 3. The van der Waals surface area contributed by atoms with Gasteiger partial charge < -0.3 is 15.4 Å². The predicted octanol–water partition coefficient (Wildman–Crippen LogP) is 0.300. The zero-order chi connectivity index (χ0) is 13.7. The number of amides is 2. The molecule has 1 aliphatic rings. The van der Waals surface area contributed by atoms with E-state index in [1.807, 2.05) is 0 Å². The zero-order valence-corrected chi connectivity index (χ0v) is 11.0. The molecule has 2 rings (SSSR count). The van der Waals surface area contributed by atoms with Crippen LogP contribution in [0.15, 0.2) is 17.5 Å². The van der Waals surface area contributed by atoms with E-state index in [1.54, 1.807) is 17.5 Å². The highest BCUT2D eigenvalue weighted by Gasteiger charge is 2.23. The Labute approximate surface area is 114 Å². The van der Waals surface area contributed by atoms with Gasteiger partial charge in [0.1, 0.15) is 6.54 Å². The second kappa shape index (κ2) is 6.33. The molecule has 2 amide bonds. The van der Waals surface area contributed by atoms with Gasteiger partial charge in [-0.05, 0) is 24.3 Å². The van der Waals surface area contributed by atoms with E-state index in [0.717, 1.165) is 12.8 Å². The second-order valence-corrected chi connectivity index (χ2v) is 5.11. The third kappa shape index (κ3) is 4.70. The minimum absolute atomic E-state index is 0.240. The van der Waals surface area contributed by atoms with E-state index in [2.05, 4.69) is 10.6 Å². The van der Waals surface area contributed by atoms with E-state index in [9.17, 15) is 14.4 Å². The normalized spacial score (nSPS) is 13.7. The highest BCUT2D eigenvalue weighted by Crippen LogP contribution is 2.18. The molecule has 7 heteroatoms. The molecule has 1 heterocycles. The number of thiophene rings is 1. The monoisotopic (exact) mass is 282 g/mol. The first-order chi connectivity index (χ1) is 9.15. The maximum absolute atomic E-state index is 11.5. The van der Waals surface area contributed by atoms with Gasteiger partial charge in [-0.1, -0.05) is 6.07 Å². The van der Waals surface area contributed by atoms with Gasteiger partial charge in [-0.25, -0.2) is 0 Å². The van der Waals surface area contributed by atoms with Crippen LogP contribution in [0.1, 0.15) is 22.5 Å². The Morgan fingerprint density at radius 3 is 2.79 bits per heavy atom. The van der Waals surface area contributed by atoms with Crippen LogP contribution in [-0.4, -0.2) is 37.0 Å². The van der Waals surface area contributed by atoms with Crippen molar-refractivity contribution in [3.8, 4) is 0 Å². The summed E-state index contributed by atoms with van der Waals surface area (Å²) < 4.78 is 4.74. The van der Waals surface area contributed by atoms with Crippen molar-refractivity contribution in [3.63, 3.8) is 0 Å². The summed E-state index contributed by atoms with van der Waals surface area (Å²) in [6.45, 7) is -0.544. The van der Waals surface area contributed by atoms with Crippen LogP contribution in [0.25, 0.3) is 0 Å². The van der Waals surface area contributed by atoms with Crippen molar-refractivity contribution in [1.82, 2.24) is 10.6 Å².